The Morgan fingerprint density at radius 3 is 2.34 bits per heavy atom. The largest absolute Gasteiger partial charge is 0.493 e. The fraction of sp³-hybridized carbons (Fsp3) is 0.381. The van der Waals surface area contributed by atoms with Crippen molar-refractivity contribution in [3.8, 4) is 17.2 Å². The third kappa shape index (κ3) is 4.56. The molecule has 1 N–H and O–H groups in total. The monoisotopic (exact) mass is 444 g/mol. The molecule has 1 aromatic heterocycles. The molecule has 32 heavy (non-hydrogen) atoms. The van der Waals surface area contributed by atoms with Gasteiger partial charge in [-0.3, -0.25) is 19.7 Å². The van der Waals surface area contributed by atoms with Gasteiger partial charge in [0.15, 0.2) is 5.75 Å². The normalized spacial score (nSPS) is 13.9. The van der Waals surface area contributed by atoms with E-state index in [4.69, 9.17) is 14.2 Å². The predicted octanol–water partition coefficient (Wildman–Crippen LogP) is 2.51. The molecule has 170 valence electrons. The number of hydrogen-bond acceptors (Lipinski definition) is 8. The molecule has 11 nitrogen and oxygen atoms in total. The second-order valence-electron chi connectivity index (χ2n) is 7.07. The van der Waals surface area contributed by atoms with Gasteiger partial charge in [0.2, 0.25) is 17.4 Å². The van der Waals surface area contributed by atoms with Crippen molar-refractivity contribution >= 4 is 23.3 Å². The van der Waals surface area contributed by atoms with Gasteiger partial charge in [0.05, 0.1) is 26.3 Å². The van der Waals surface area contributed by atoms with Crippen molar-refractivity contribution in [2.45, 2.75) is 12.8 Å². The van der Waals surface area contributed by atoms with E-state index in [1.54, 1.807) is 24.4 Å². The van der Waals surface area contributed by atoms with Crippen molar-refractivity contribution in [3.05, 3.63) is 46.1 Å². The lowest BCUT2D eigenvalue weighted by Gasteiger charge is -2.31. The van der Waals surface area contributed by atoms with Crippen LogP contribution in [0.15, 0.2) is 30.5 Å². The summed E-state index contributed by atoms with van der Waals surface area (Å²) in [7, 11) is 3.94. The van der Waals surface area contributed by atoms with Crippen LogP contribution < -0.4 is 19.5 Å². The maximum atomic E-state index is 13.2. The van der Waals surface area contributed by atoms with E-state index in [2.05, 4.69) is 10.3 Å². The predicted molar refractivity (Wildman–Crippen MR) is 114 cm³/mol. The molecular weight excluding hydrogens is 420 g/mol. The van der Waals surface area contributed by atoms with Gasteiger partial charge in [-0.15, -0.1) is 0 Å². The lowest BCUT2D eigenvalue weighted by atomic mass is 9.95. The fourth-order valence-electron chi connectivity index (χ4n) is 3.67. The molecule has 2 heterocycles. The fourth-order valence-corrected chi connectivity index (χ4v) is 3.67. The highest BCUT2D eigenvalue weighted by Gasteiger charge is 2.36. The third-order valence-electron chi connectivity index (χ3n) is 5.29. The number of pyridine rings is 1. The topological polar surface area (TPSA) is 133 Å². The molecule has 0 spiro atoms. The lowest BCUT2D eigenvalue weighted by molar-refractivity contribution is -0.386. The number of likely N-dealkylation sites (tertiary alicyclic amines) is 1. The van der Waals surface area contributed by atoms with Gasteiger partial charge in [-0.1, -0.05) is 6.07 Å². The average Bonchev–Trinajstić information content (AvgIpc) is 2.82. The molecule has 0 bridgehead atoms. The van der Waals surface area contributed by atoms with Gasteiger partial charge < -0.3 is 24.4 Å². The molecule has 1 aliphatic rings. The summed E-state index contributed by atoms with van der Waals surface area (Å²) in [5, 5.41) is 14.5. The van der Waals surface area contributed by atoms with E-state index < -0.39 is 16.5 Å². The third-order valence-corrected chi connectivity index (χ3v) is 5.29. The zero-order valence-electron chi connectivity index (χ0n) is 18.0. The minimum absolute atomic E-state index is 0.0307. The number of amides is 2. The van der Waals surface area contributed by atoms with Gasteiger partial charge in [0, 0.05) is 31.3 Å². The van der Waals surface area contributed by atoms with Crippen LogP contribution in [0.25, 0.3) is 0 Å². The Morgan fingerprint density at radius 1 is 1.12 bits per heavy atom. The molecule has 3 rings (SSSR count). The molecule has 0 unspecified atom stereocenters. The molecule has 0 saturated carbocycles. The maximum Gasteiger partial charge on any atom is 0.327 e. The summed E-state index contributed by atoms with van der Waals surface area (Å²) in [5.74, 6) is -0.565. The van der Waals surface area contributed by atoms with Crippen LogP contribution in [0.3, 0.4) is 0 Å². The summed E-state index contributed by atoms with van der Waals surface area (Å²) in [6.45, 7) is 0.542. The Labute approximate surface area is 184 Å². The highest BCUT2D eigenvalue weighted by molar-refractivity contribution is 6.01. The van der Waals surface area contributed by atoms with Crippen molar-refractivity contribution in [3.63, 3.8) is 0 Å². The number of methoxy groups -OCH3 is 3. The van der Waals surface area contributed by atoms with Crippen molar-refractivity contribution in [2.75, 3.05) is 39.7 Å². The smallest absolute Gasteiger partial charge is 0.327 e. The number of ether oxygens (including phenoxy) is 3. The standard InChI is InChI=1S/C21H24N4O7/c1-30-15-12-14(17(25(28)29)19(32-3)18(15)31-2)21(27)24-10-7-13(8-11-24)20(26)23-16-6-4-5-9-22-16/h4-6,9,12-13H,7-8,10-11H2,1-3H3,(H,22,23,26). The number of piperidine rings is 1. The summed E-state index contributed by atoms with van der Waals surface area (Å²) in [6, 6.07) is 6.50. The van der Waals surface area contributed by atoms with Gasteiger partial charge in [0.25, 0.3) is 5.91 Å². The van der Waals surface area contributed by atoms with Crippen LogP contribution in [0.1, 0.15) is 23.2 Å². The summed E-state index contributed by atoms with van der Waals surface area (Å²) >= 11 is 0. The van der Waals surface area contributed by atoms with Crippen molar-refractivity contribution in [1.29, 1.82) is 0 Å². The van der Waals surface area contributed by atoms with Gasteiger partial charge in [-0.25, -0.2) is 4.98 Å². The molecule has 2 amide bonds. The molecule has 2 aromatic rings. The number of carbonyl (C=O) groups excluding carboxylic acids is 2. The number of benzene rings is 1. The van der Waals surface area contributed by atoms with E-state index >= 15 is 0 Å². The first-order chi connectivity index (χ1) is 15.4. The van der Waals surface area contributed by atoms with E-state index in [1.165, 1.54) is 32.3 Å². The molecule has 1 aromatic carbocycles. The van der Waals surface area contributed by atoms with Crippen LogP contribution in [-0.4, -0.2) is 61.0 Å². The molecule has 1 fully saturated rings. The second-order valence-corrected chi connectivity index (χ2v) is 7.07. The Balaban J connectivity index is 1.78. The van der Waals surface area contributed by atoms with Crippen LogP contribution in [0.4, 0.5) is 11.5 Å². The van der Waals surface area contributed by atoms with Crippen molar-refractivity contribution < 1.29 is 28.7 Å². The van der Waals surface area contributed by atoms with Gasteiger partial charge >= 0.3 is 5.69 Å². The number of hydrogen-bond donors (Lipinski definition) is 1. The summed E-state index contributed by atoms with van der Waals surface area (Å²) in [4.78, 5) is 42.3. The number of nitrogens with zero attached hydrogens (tertiary/aromatic N) is 3. The Hall–Kier alpha value is -3.89. The molecule has 11 heteroatoms. The number of nitro benzene ring substituents is 1. The lowest BCUT2D eigenvalue weighted by Crippen LogP contribution is -2.41. The molecule has 1 aliphatic heterocycles. The van der Waals surface area contributed by atoms with Crippen LogP contribution in [0, 0.1) is 16.0 Å². The molecule has 0 radical (unpaired) electrons. The Morgan fingerprint density at radius 2 is 1.81 bits per heavy atom. The highest BCUT2D eigenvalue weighted by Crippen LogP contribution is 2.46. The van der Waals surface area contributed by atoms with Gasteiger partial charge in [0.1, 0.15) is 11.4 Å². The van der Waals surface area contributed by atoms with Crippen molar-refractivity contribution in [2.24, 2.45) is 5.92 Å². The first-order valence-corrected chi connectivity index (χ1v) is 9.89. The second kappa shape index (κ2) is 9.94. The highest BCUT2D eigenvalue weighted by atomic mass is 16.6. The van der Waals surface area contributed by atoms with Crippen LogP contribution in [0.2, 0.25) is 0 Å². The number of anilines is 1. The number of nitro groups is 1. The molecular formula is C21H24N4O7. The van der Waals surface area contributed by atoms with E-state index in [0.717, 1.165) is 0 Å². The zero-order valence-corrected chi connectivity index (χ0v) is 18.0. The molecule has 0 atom stereocenters. The number of carbonyl (C=O) groups is 2. The van der Waals surface area contributed by atoms with Gasteiger partial charge in [-0.2, -0.15) is 0 Å². The number of aromatic nitrogens is 1. The zero-order chi connectivity index (χ0) is 23.3. The minimum atomic E-state index is -0.679. The van der Waals surface area contributed by atoms with E-state index in [-0.39, 0.29) is 47.7 Å². The quantitative estimate of drug-likeness (QED) is 0.509. The summed E-state index contributed by atoms with van der Waals surface area (Å²) < 4.78 is 15.6. The van der Waals surface area contributed by atoms with Crippen LogP contribution in [0.5, 0.6) is 17.2 Å². The van der Waals surface area contributed by atoms with Crippen LogP contribution >= 0.6 is 0 Å². The van der Waals surface area contributed by atoms with Gasteiger partial charge in [-0.05, 0) is 25.0 Å². The van der Waals surface area contributed by atoms with Crippen molar-refractivity contribution in [1.82, 2.24) is 9.88 Å². The van der Waals surface area contributed by atoms with E-state index in [9.17, 15) is 19.7 Å². The minimum Gasteiger partial charge on any atom is -0.493 e. The maximum absolute atomic E-state index is 13.2. The SMILES string of the molecule is COc1cc(C(=O)N2CCC(C(=O)Nc3ccccn3)CC2)c([N+](=O)[O-])c(OC)c1OC. The Bertz CT molecular complexity index is 1000. The number of nitrogens with one attached hydrogen (secondary N) is 1. The summed E-state index contributed by atoms with van der Waals surface area (Å²) in [5.41, 5.74) is -0.661. The van der Waals surface area contributed by atoms with Crippen LogP contribution in [-0.2, 0) is 4.79 Å². The molecule has 1 saturated heterocycles. The average molecular weight is 444 g/mol. The summed E-state index contributed by atoms with van der Waals surface area (Å²) in [6.07, 6.45) is 2.42. The number of rotatable bonds is 7. The Kier molecular flexibility index (Phi) is 7.08. The molecule has 0 aliphatic carbocycles. The van der Waals surface area contributed by atoms with E-state index in [0.29, 0.717) is 18.7 Å². The first-order valence-electron chi connectivity index (χ1n) is 9.89. The first kappa shape index (κ1) is 22.8. The van der Waals surface area contributed by atoms with E-state index in [1.807, 2.05) is 0 Å².